The summed E-state index contributed by atoms with van der Waals surface area (Å²) >= 11 is 5.73. The van der Waals surface area contributed by atoms with Crippen LogP contribution in [0.25, 0.3) is 5.69 Å². The van der Waals surface area contributed by atoms with Crippen molar-refractivity contribution in [2.75, 3.05) is 13.2 Å². The van der Waals surface area contributed by atoms with Crippen molar-refractivity contribution >= 4 is 23.3 Å². The molecular weight excluding hydrogens is 396 g/mol. The Bertz CT molecular complexity index is 916. The van der Waals surface area contributed by atoms with Crippen LogP contribution in [0.1, 0.15) is 66.3 Å². The van der Waals surface area contributed by atoms with Crippen molar-refractivity contribution in [3.05, 3.63) is 46.8 Å². The second-order valence-electron chi connectivity index (χ2n) is 8.20. The number of nitrogens with one attached hydrogen (secondary N) is 1. The molecule has 1 aliphatic heterocycles. The van der Waals surface area contributed by atoms with Gasteiger partial charge in [0, 0.05) is 31.1 Å². The predicted molar refractivity (Wildman–Crippen MR) is 121 cm³/mol. The van der Waals surface area contributed by atoms with Gasteiger partial charge in [-0.1, -0.05) is 37.0 Å². The minimum absolute atomic E-state index is 0.330. The maximum Gasteiger partial charge on any atom is 0.359 e. The van der Waals surface area contributed by atoms with Gasteiger partial charge in [0.25, 0.3) is 0 Å². The third-order valence-corrected chi connectivity index (χ3v) is 6.40. The summed E-state index contributed by atoms with van der Waals surface area (Å²) in [6.45, 7) is 5.59. The molecule has 1 saturated carbocycles. The van der Waals surface area contributed by atoms with Crippen LogP contribution in [-0.2, 0) is 17.7 Å². The van der Waals surface area contributed by atoms with E-state index < -0.39 is 0 Å². The quantitative estimate of drug-likeness (QED) is 0.591. The highest BCUT2D eigenvalue weighted by atomic mass is 32.1. The molecule has 30 heavy (non-hydrogen) atoms. The molecule has 7 heteroatoms. The Morgan fingerprint density at radius 1 is 1.23 bits per heavy atom. The Hall–Kier alpha value is -2.41. The summed E-state index contributed by atoms with van der Waals surface area (Å²) in [7, 11) is 0. The van der Waals surface area contributed by atoms with E-state index in [-0.39, 0.29) is 5.97 Å². The lowest BCUT2D eigenvalue weighted by atomic mass is 9.96. The maximum atomic E-state index is 12.6. The lowest BCUT2D eigenvalue weighted by molar-refractivity contribution is 0.0517. The van der Waals surface area contributed by atoms with Crippen LogP contribution in [0.3, 0.4) is 0 Å². The van der Waals surface area contributed by atoms with Crippen molar-refractivity contribution in [1.29, 1.82) is 0 Å². The van der Waals surface area contributed by atoms with Crippen molar-refractivity contribution < 1.29 is 9.53 Å². The standard InChI is InChI=1S/C23H30N4O2S/c1-3-29-22(28)21-19-15-26(23(30)24-17-7-5-4-6-8-17)14-13-20(19)27(25-21)18-11-9-16(2)10-12-18/h9-12,17H,3-8,13-15H2,1-2H3,(H,24,30). The Kier molecular flexibility index (Phi) is 6.37. The van der Waals surface area contributed by atoms with E-state index in [0.717, 1.165) is 35.0 Å². The smallest absolute Gasteiger partial charge is 0.359 e. The third-order valence-electron chi connectivity index (χ3n) is 6.02. The fraction of sp³-hybridized carbons (Fsp3) is 0.522. The number of carbonyl (C=O) groups is 1. The number of aryl methyl sites for hydroxylation is 1. The second kappa shape index (κ2) is 9.16. The number of esters is 1. The van der Waals surface area contributed by atoms with Crippen LogP contribution in [0.2, 0.25) is 0 Å². The van der Waals surface area contributed by atoms with E-state index >= 15 is 0 Å². The molecule has 1 N–H and O–H groups in total. The lowest BCUT2D eigenvalue weighted by Crippen LogP contribution is -2.47. The molecule has 0 amide bonds. The molecule has 1 fully saturated rings. The Labute approximate surface area is 183 Å². The first kappa shape index (κ1) is 20.8. The highest BCUT2D eigenvalue weighted by molar-refractivity contribution is 7.80. The first-order valence-corrected chi connectivity index (χ1v) is 11.4. The number of hydrogen-bond acceptors (Lipinski definition) is 4. The van der Waals surface area contributed by atoms with Crippen molar-refractivity contribution in [2.45, 2.75) is 65.0 Å². The molecule has 160 valence electrons. The molecule has 6 nitrogen and oxygen atoms in total. The summed E-state index contributed by atoms with van der Waals surface area (Å²) < 4.78 is 7.20. The van der Waals surface area contributed by atoms with Crippen molar-refractivity contribution in [3.8, 4) is 5.69 Å². The molecule has 0 bridgehead atoms. The number of fused-ring (bicyclic) bond motifs is 1. The summed E-state index contributed by atoms with van der Waals surface area (Å²) in [5, 5.41) is 9.01. The molecule has 0 atom stereocenters. The first-order chi connectivity index (χ1) is 14.6. The fourth-order valence-electron chi connectivity index (χ4n) is 4.37. The molecule has 0 spiro atoms. The Morgan fingerprint density at radius 3 is 2.67 bits per heavy atom. The summed E-state index contributed by atoms with van der Waals surface area (Å²) in [6.07, 6.45) is 6.99. The Morgan fingerprint density at radius 2 is 1.97 bits per heavy atom. The van der Waals surface area contributed by atoms with Crippen LogP contribution in [0.15, 0.2) is 24.3 Å². The van der Waals surface area contributed by atoms with Crippen molar-refractivity contribution in [3.63, 3.8) is 0 Å². The number of carbonyl (C=O) groups excluding carboxylic acids is 1. The zero-order valence-electron chi connectivity index (χ0n) is 17.8. The monoisotopic (exact) mass is 426 g/mol. The SMILES string of the molecule is CCOC(=O)c1nn(-c2ccc(C)cc2)c2c1CN(C(=S)NC1CCCCC1)CC2. The van der Waals surface area contributed by atoms with E-state index in [2.05, 4.69) is 34.4 Å². The van der Waals surface area contributed by atoms with E-state index in [1.165, 1.54) is 37.7 Å². The minimum atomic E-state index is -0.368. The second-order valence-corrected chi connectivity index (χ2v) is 8.58. The topological polar surface area (TPSA) is 59.4 Å². The Balaban J connectivity index is 1.60. The van der Waals surface area contributed by atoms with Gasteiger partial charge in [0.05, 0.1) is 18.0 Å². The molecule has 0 saturated heterocycles. The molecule has 4 rings (SSSR count). The van der Waals surface area contributed by atoms with E-state index in [4.69, 9.17) is 17.0 Å². The summed E-state index contributed by atoms with van der Waals surface area (Å²) in [6, 6.07) is 8.67. The minimum Gasteiger partial charge on any atom is -0.461 e. The van der Waals surface area contributed by atoms with E-state index in [9.17, 15) is 4.79 Å². The summed E-state index contributed by atoms with van der Waals surface area (Å²) in [5.41, 5.74) is 4.55. The number of hydrogen-bond donors (Lipinski definition) is 1. The largest absolute Gasteiger partial charge is 0.461 e. The number of nitrogens with zero attached hydrogens (tertiary/aromatic N) is 3. The number of aromatic nitrogens is 2. The van der Waals surface area contributed by atoms with Gasteiger partial charge in [0.15, 0.2) is 10.8 Å². The fourth-order valence-corrected chi connectivity index (χ4v) is 4.69. The van der Waals surface area contributed by atoms with Crippen LogP contribution in [0.4, 0.5) is 0 Å². The lowest BCUT2D eigenvalue weighted by Gasteiger charge is -2.33. The molecule has 2 aromatic rings. The van der Waals surface area contributed by atoms with Crippen molar-refractivity contribution in [2.24, 2.45) is 0 Å². The van der Waals surface area contributed by atoms with Crippen molar-refractivity contribution in [1.82, 2.24) is 20.0 Å². The molecular formula is C23H30N4O2S. The number of thiocarbonyl (C=S) groups is 1. The maximum absolute atomic E-state index is 12.6. The van der Waals surface area contributed by atoms with Gasteiger partial charge in [-0.3, -0.25) is 0 Å². The normalized spacial score (nSPS) is 16.8. The van der Waals surface area contributed by atoms with Crippen LogP contribution in [0.5, 0.6) is 0 Å². The van der Waals surface area contributed by atoms with Crippen LogP contribution >= 0.6 is 12.2 Å². The molecule has 1 aromatic carbocycles. The predicted octanol–water partition coefficient (Wildman–Crippen LogP) is 3.92. The highest BCUT2D eigenvalue weighted by Crippen LogP contribution is 2.27. The molecule has 0 unspecified atom stereocenters. The summed E-state index contributed by atoms with van der Waals surface area (Å²) in [4.78, 5) is 14.8. The van der Waals surface area contributed by atoms with Gasteiger partial charge in [-0.15, -0.1) is 0 Å². The van der Waals surface area contributed by atoms with Gasteiger partial charge in [-0.2, -0.15) is 5.10 Å². The average molecular weight is 427 g/mol. The van der Waals surface area contributed by atoms with Gasteiger partial charge in [-0.05, 0) is 51.0 Å². The van der Waals surface area contributed by atoms with E-state index in [1.807, 2.05) is 23.7 Å². The number of benzene rings is 1. The molecule has 2 aliphatic rings. The molecule has 1 aromatic heterocycles. The van der Waals surface area contributed by atoms with E-state index in [0.29, 0.717) is 24.9 Å². The molecule has 1 aliphatic carbocycles. The number of ether oxygens (including phenoxy) is 1. The van der Waals surface area contributed by atoms with E-state index in [1.54, 1.807) is 0 Å². The highest BCUT2D eigenvalue weighted by Gasteiger charge is 2.30. The average Bonchev–Trinajstić information content (AvgIpc) is 3.14. The molecule has 2 heterocycles. The number of rotatable bonds is 4. The van der Waals surface area contributed by atoms with Gasteiger partial charge in [-0.25, -0.2) is 9.48 Å². The van der Waals surface area contributed by atoms with Gasteiger partial charge in [0.1, 0.15) is 0 Å². The van der Waals surface area contributed by atoms with Gasteiger partial charge < -0.3 is 15.0 Å². The van der Waals surface area contributed by atoms with Gasteiger partial charge >= 0.3 is 5.97 Å². The van der Waals surface area contributed by atoms with Gasteiger partial charge in [0.2, 0.25) is 0 Å². The first-order valence-electron chi connectivity index (χ1n) is 11.0. The zero-order chi connectivity index (χ0) is 21.1. The molecule has 0 radical (unpaired) electrons. The third kappa shape index (κ3) is 4.36. The zero-order valence-corrected chi connectivity index (χ0v) is 18.6. The summed E-state index contributed by atoms with van der Waals surface area (Å²) in [5.74, 6) is -0.368. The van der Waals surface area contributed by atoms with Crippen LogP contribution in [0, 0.1) is 6.92 Å². The van der Waals surface area contributed by atoms with Crippen LogP contribution in [-0.4, -0.2) is 45.0 Å². The van der Waals surface area contributed by atoms with Crippen LogP contribution < -0.4 is 5.32 Å².